The van der Waals surface area contributed by atoms with E-state index < -0.39 is 29.8 Å². The molecule has 0 radical (unpaired) electrons. The van der Waals surface area contributed by atoms with Crippen LogP contribution in [0.3, 0.4) is 0 Å². The van der Waals surface area contributed by atoms with Gasteiger partial charge in [-0.2, -0.15) is 13.2 Å². The number of ether oxygens (including phenoxy) is 1. The molecule has 4 rings (SSSR count). The van der Waals surface area contributed by atoms with E-state index in [0.29, 0.717) is 5.52 Å². The molecule has 0 spiro atoms. The number of aromatic carboxylic acids is 1. The average Bonchev–Trinajstić information content (AvgIpc) is 3.10. The number of fused-ring (bicyclic) bond motifs is 1. The third kappa shape index (κ3) is 5.48. The van der Waals surface area contributed by atoms with Gasteiger partial charge in [0.05, 0.1) is 28.7 Å². The SMILES string of the molecule is O=C(O)c1ccc2c(c1)nc(Nc1ccc(OC(F)(F)F)cc1)n2Cc1ccccc1C(F)(F)F. The summed E-state index contributed by atoms with van der Waals surface area (Å²) in [6.45, 7) is -0.268. The molecule has 6 nitrogen and oxygen atoms in total. The van der Waals surface area contributed by atoms with Gasteiger partial charge < -0.3 is 19.7 Å². The second-order valence-electron chi connectivity index (χ2n) is 7.38. The van der Waals surface area contributed by atoms with E-state index in [2.05, 4.69) is 15.0 Å². The highest BCUT2D eigenvalue weighted by Crippen LogP contribution is 2.34. The number of halogens is 6. The van der Waals surface area contributed by atoms with Crippen LogP contribution >= 0.6 is 0 Å². The molecule has 182 valence electrons. The van der Waals surface area contributed by atoms with Gasteiger partial charge in [0.1, 0.15) is 5.75 Å². The second-order valence-corrected chi connectivity index (χ2v) is 7.38. The first-order valence-electron chi connectivity index (χ1n) is 9.92. The van der Waals surface area contributed by atoms with Crippen LogP contribution in [0.5, 0.6) is 5.75 Å². The van der Waals surface area contributed by atoms with Crippen LogP contribution in [0.1, 0.15) is 21.5 Å². The maximum atomic E-state index is 13.5. The molecule has 0 bridgehead atoms. The molecule has 0 saturated heterocycles. The van der Waals surface area contributed by atoms with Crippen molar-refractivity contribution in [2.45, 2.75) is 19.1 Å². The molecule has 12 heteroatoms. The van der Waals surface area contributed by atoms with Gasteiger partial charge in [-0.3, -0.25) is 0 Å². The highest BCUT2D eigenvalue weighted by molar-refractivity contribution is 5.93. The molecule has 0 unspecified atom stereocenters. The zero-order valence-corrected chi connectivity index (χ0v) is 17.5. The third-order valence-corrected chi connectivity index (χ3v) is 4.99. The lowest BCUT2D eigenvalue weighted by molar-refractivity contribution is -0.274. The van der Waals surface area contributed by atoms with Gasteiger partial charge in [0, 0.05) is 5.69 Å². The third-order valence-electron chi connectivity index (χ3n) is 4.99. The molecule has 3 aromatic carbocycles. The Hall–Kier alpha value is -4.22. The number of nitrogens with one attached hydrogen (secondary N) is 1. The van der Waals surface area contributed by atoms with Crippen LogP contribution in [0.15, 0.2) is 66.7 Å². The number of imidazole rings is 1. The number of alkyl halides is 6. The van der Waals surface area contributed by atoms with E-state index in [1.807, 2.05) is 0 Å². The molecule has 2 N–H and O–H groups in total. The Bertz CT molecular complexity index is 1380. The lowest BCUT2D eigenvalue weighted by Crippen LogP contribution is -2.17. The summed E-state index contributed by atoms with van der Waals surface area (Å²) >= 11 is 0. The van der Waals surface area contributed by atoms with Crippen LogP contribution in [-0.2, 0) is 12.7 Å². The van der Waals surface area contributed by atoms with Crippen LogP contribution in [0, 0.1) is 0 Å². The summed E-state index contributed by atoms with van der Waals surface area (Å²) in [5.41, 5.74) is -0.140. The molecule has 0 aliphatic heterocycles. The minimum absolute atomic E-state index is 0.0569. The maximum absolute atomic E-state index is 13.5. The van der Waals surface area contributed by atoms with Crippen molar-refractivity contribution in [2.75, 3.05) is 5.32 Å². The van der Waals surface area contributed by atoms with Crippen molar-refractivity contribution < 1.29 is 41.0 Å². The summed E-state index contributed by atoms with van der Waals surface area (Å²) < 4.78 is 83.1. The number of carboxylic acids is 1. The molecule has 0 saturated carbocycles. The van der Waals surface area contributed by atoms with Gasteiger partial charge in [-0.05, 0) is 54.1 Å². The molecule has 1 aromatic heterocycles. The van der Waals surface area contributed by atoms with E-state index in [9.17, 15) is 36.2 Å². The predicted molar refractivity (Wildman–Crippen MR) is 114 cm³/mol. The average molecular weight is 495 g/mol. The fourth-order valence-corrected chi connectivity index (χ4v) is 3.49. The molecule has 0 amide bonds. The minimum atomic E-state index is -4.86. The molecular formula is C23H15F6N3O3. The molecular weight excluding hydrogens is 480 g/mol. The largest absolute Gasteiger partial charge is 0.573 e. The zero-order chi connectivity index (χ0) is 25.4. The number of rotatable bonds is 6. The van der Waals surface area contributed by atoms with Gasteiger partial charge in [0.15, 0.2) is 0 Å². The highest BCUT2D eigenvalue weighted by Gasteiger charge is 2.33. The molecule has 0 fully saturated rings. The fraction of sp³-hybridized carbons (Fsp3) is 0.130. The summed E-state index contributed by atoms with van der Waals surface area (Å²) in [6, 6.07) is 13.6. The Kier molecular flexibility index (Phi) is 6.05. The Morgan fingerprint density at radius 1 is 0.971 bits per heavy atom. The van der Waals surface area contributed by atoms with Gasteiger partial charge in [0.2, 0.25) is 5.95 Å². The van der Waals surface area contributed by atoms with Gasteiger partial charge in [-0.25, -0.2) is 9.78 Å². The number of benzene rings is 3. The monoisotopic (exact) mass is 495 g/mol. The van der Waals surface area contributed by atoms with Crippen molar-refractivity contribution in [1.82, 2.24) is 9.55 Å². The van der Waals surface area contributed by atoms with Gasteiger partial charge in [0.25, 0.3) is 0 Å². The lowest BCUT2D eigenvalue weighted by Gasteiger charge is -2.16. The topological polar surface area (TPSA) is 76.4 Å². The van der Waals surface area contributed by atoms with E-state index in [4.69, 9.17) is 0 Å². The van der Waals surface area contributed by atoms with Crippen molar-refractivity contribution in [3.05, 3.63) is 83.4 Å². The molecule has 35 heavy (non-hydrogen) atoms. The minimum Gasteiger partial charge on any atom is -0.478 e. The standard InChI is InChI=1S/C23H15F6N3O3/c24-22(25,26)17-4-2-1-3-14(17)12-32-19-10-5-13(20(33)34)11-18(19)31-21(32)30-15-6-8-16(9-7-15)35-23(27,28)29/h1-11H,12H2,(H,30,31)(H,33,34). The highest BCUT2D eigenvalue weighted by atomic mass is 19.4. The smallest absolute Gasteiger partial charge is 0.478 e. The van der Waals surface area contributed by atoms with Crippen molar-refractivity contribution in [2.24, 2.45) is 0 Å². The quantitative estimate of drug-likeness (QED) is 0.301. The number of carboxylic acid groups (broad SMARTS) is 1. The summed E-state index contributed by atoms with van der Waals surface area (Å²) in [6.07, 6.45) is -9.47. The first kappa shape index (κ1) is 23.9. The summed E-state index contributed by atoms with van der Waals surface area (Å²) in [7, 11) is 0. The molecule has 1 heterocycles. The van der Waals surface area contributed by atoms with E-state index in [1.54, 1.807) is 0 Å². The van der Waals surface area contributed by atoms with Crippen molar-refractivity contribution in [3.8, 4) is 5.75 Å². The number of nitrogens with zero attached hydrogens (tertiary/aromatic N) is 2. The van der Waals surface area contributed by atoms with Gasteiger partial charge in [-0.15, -0.1) is 13.2 Å². The van der Waals surface area contributed by atoms with Crippen molar-refractivity contribution in [1.29, 1.82) is 0 Å². The predicted octanol–water partition coefficient (Wildman–Crippen LogP) is 6.44. The van der Waals surface area contributed by atoms with E-state index in [0.717, 1.165) is 18.2 Å². The Morgan fingerprint density at radius 3 is 2.29 bits per heavy atom. The Labute approximate surface area is 193 Å². The van der Waals surface area contributed by atoms with Crippen LogP contribution in [-0.4, -0.2) is 27.0 Å². The number of anilines is 2. The van der Waals surface area contributed by atoms with E-state index >= 15 is 0 Å². The summed E-state index contributed by atoms with van der Waals surface area (Å²) in [5.74, 6) is -1.61. The molecule has 0 aliphatic rings. The van der Waals surface area contributed by atoms with Crippen LogP contribution in [0.2, 0.25) is 0 Å². The second kappa shape index (κ2) is 8.85. The van der Waals surface area contributed by atoms with Crippen LogP contribution in [0.4, 0.5) is 38.0 Å². The normalized spacial score (nSPS) is 12.1. The molecule has 0 aliphatic carbocycles. The van der Waals surface area contributed by atoms with Gasteiger partial charge >= 0.3 is 18.5 Å². The van der Waals surface area contributed by atoms with E-state index in [-0.39, 0.29) is 34.8 Å². The molecule has 0 atom stereocenters. The molecule has 4 aromatic rings. The maximum Gasteiger partial charge on any atom is 0.573 e. The number of hydrogen-bond acceptors (Lipinski definition) is 4. The van der Waals surface area contributed by atoms with Crippen molar-refractivity contribution >= 4 is 28.6 Å². The first-order chi connectivity index (χ1) is 16.4. The summed E-state index contributed by atoms with van der Waals surface area (Å²) in [5, 5.41) is 12.1. The number of aromatic nitrogens is 2. The lowest BCUT2D eigenvalue weighted by atomic mass is 10.1. The Morgan fingerprint density at radius 2 is 1.66 bits per heavy atom. The number of carbonyl (C=O) groups is 1. The van der Waals surface area contributed by atoms with Crippen molar-refractivity contribution in [3.63, 3.8) is 0 Å². The first-order valence-corrected chi connectivity index (χ1v) is 9.92. The van der Waals surface area contributed by atoms with Crippen LogP contribution in [0.25, 0.3) is 11.0 Å². The van der Waals surface area contributed by atoms with E-state index in [1.165, 1.54) is 53.1 Å². The zero-order valence-electron chi connectivity index (χ0n) is 17.5. The summed E-state index contributed by atoms with van der Waals surface area (Å²) in [4.78, 5) is 15.7. The Balaban J connectivity index is 1.76. The van der Waals surface area contributed by atoms with Gasteiger partial charge in [-0.1, -0.05) is 18.2 Å². The van der Waals surface area contributed by atoms with Crippen LogP contribution < -0.4 is 10.1 Å². The number of hydrogen-bond donors (Lipinski definition) is 2. The fourth-order valence-electron chi connectivity index (χ4n) is 3.49.